The Bertz CT molecular complexity index is 857. The number of hydrogen-bond acceptors (Lipinski definition) is 5. The Morgan fingerprint density at radius 3 is 2.29 bits per heavy atom. The molecule has 3 rings (SSSR count). The SMILES string of the molecule is Cc1ccc(S(=O)(=O)N(C)C)cc1NCC(=O)N1CCN(C(=O)C2CC2)CC1. The lowest BCUT2D eigenvalue weighted by atomic mass is 10.2. The standard InChI is InChI=1S/C19H28N4O4S/c1-14-4-7-16(28(26,27)21(2)3)12-17(14)20-13-18(24)22-8-10-23(11-9-22)19(25)15-5-6-15/h4,7,12,15,20H,5-6,8-11,13H2,1-3H3. The number of hydrogen-bond donors (Lipinski definition) is 1. The van der Waals surface area contributed by atoms with E-state index in [1.54, 1.807) is 23.1 Å². The molecule has 2 aliphatic rings. The Morgan fingerprint density at radius 1 is 1.11 bits per heavy atom. The number of benzene rings is 1. The van der Waals surface area contributed by atoms with Gasteiger partial charge in [0.1, 0.15) is 0 Å². The molecule has 1 aliphatic carbocycles. The van der Waals surface area contributed by atoms with Gasteiger partial charge >= 0.3 is 0 Å². The van der Waals surface area contributed by atoms with Crippen molar-refractivity contribution in [2.75, 3.05) is 52.1 Å². The van der Waals surface area contributed by atoms with Gasteiger partial charge in [-0.15, -0.1) is 0 Å². The number of rotatable bonds is 6. The molecular formula is C19H28N4O4S. The molecule has 1 heterocycles. The molecular weight excluding hydrogens is 380 g/mol. The van der Waals surface area contributed by atoms with Crippen molar-refractivity contribution < 1.29 is 18.0 Å². The maximum atomic E-state index is 12.5. The van der Waals surface area contributed by atoms with Crippen LogP contribution in [-0.4, -0.2) is 81.2 Å². The van der Waals surface area contributed by atoms with Crippen LogP contribution >= 0.6 is 0 Å². The highest BCUT2D eigenvalue weighted by molar-refractivity contribution is 7.89. The Labute approximate surface area is 166 Å². The fourth-order valence-electron chi connectivity index (χ4n) is 3.21. The Kier molecular flexibility index (Phi) is 5.95. The second-order valence-corrected chi connectivity index (χ2v) is 9.75. The summed E-state index contributed by atoms with van der Waals surface area (Å²) in [7, 11) is -0.560. The van der Waals surface area contributed by atoms with Gasteiger partial charge in [0.05, 0.1) is 11.4 Å². The second kappa shape index (κ2) is 8.08. The number of nitrogens with one attached hydrogen (secondary N) is 1. The Balaban J connectivity index is 1.57. The van der Waals surface area contributed by atoms with Crippen molar-refractivity contribution in [2.45, 2.75) is 24.7 Å². The highest BCUT2D eigenvalue weighted by atomic mass is 32.2. The van der Waals surface area contributed by atoms with Crippen LogP contribution in [0, 0.1) is 12.8 Å². The lowest BCUT2D eigenvalue weighted by molar-refractivity contribution is -0.139. The van der Waals surface area contributed by atoms with Crippen LogP contribution in [0.25, 0.3) is 0 Å². The fraction of sp³-hybridized carbons (Fsp3) is 0.579. The molecule has 1 saturated heterocycles. The molecule has 8 nitrogen and oxygen atoms in total. The van der Waals surface area contributed by atoms with E-state index in [0.717, 1.165) is 22.7 Å². The van der Waals surface area contributed by atoms with Gasteiger partial charge in [0, 0.05) is 51.9 Å². The zero-order valence-electron chi connectivity index (χ0n) is 16.6. The summed E-state index contributed by atoms with van der Waals surface area (Å²) in [5, 5.41) is 3.07. The summed E-state index contributed by atoms with van der Waals surface area (Å²) in [4.78, 5) is 28.4. The largest absolute Gasteiger partial charge is 0.376 e. The molecule has 1 saturated carbocycles. The number of sulfonamides is 1. The van der Waals surface area contributed by atoms with Gasteiger partial charge in [0.2, 0.25) is 21.8 Å². The van der Waals surface area contributed by atoms with Crippen molar-refractivity contribution in [3.05, 3.63) is 23.8 Å². The molecule has 9 heteroatoms. The van der Waals surface area contributed by atoms with Crippen molar-refractivity contribution >= 4 is 27.5 Å². The van der Waals surface area contributed by atoms with Gasteiger partial charge in [0.15, 0.2) is 0 Å². The molecule has 1 N–H and O–H groups in total. The number of aryl methyl sites for hydroxylation is 1. The average Bonchev–Trinajstić information content (AvgIpc) is 3.51. The maximum absolute atomic E-state index is 12.5. The molecule has 0 spiro atoms. The van der Waals surface area contributed by atoms with Crippen molar-refractivity contribution in [1.82, 2.24) is 14.1 Å². The van der Waals surface area contributed by atoms with E-state index in [1.807, 2.05) is 11.8 Å². The van der Waals surface area contributed by atoms with E-state index in [0.29, 0.717) is 31.9 Å². The van der Waals surface area contributed by atoms with E-state index in [-0.39, 0.29) is 29.2 Å². The van der Waals surface area contributed by atoms with Crippen molar-refractivity contribution in [2.24, 2.45) is 5.92 Å². The van der Waals surface area contributed by atoms with Crippen LogP contribution in [0.1, 0.15) is 18.4 Å². The molecule has 0 bridgehead atoms. The molecule has 0 aromatic heterocycles. The van der Waals surface area contributed by atoms with Gasteiger partial charge in [-0.25, -0.2) is 12.7 Å². The van der Waals surface area contributed by atoms with Crippen LogP contribution in [0.4, 0.5) is 5.69 Å². The summed E-state index contributed by atoms with van der Waals surface area (Å²) >= 11 is 0. The smallest absolute Gasteiger partial charge is 0.242 e. The first-order valence-electron chi connectivity index (χ1n) is 9.54. The predicted molar refractivity (Wildman–Crippen MR) is 106 cm³/mol. The molecule has 0 unspecified atom stereocenters. The summed E-state index contributed by atoms with van der Waals surface area (Å²) in [6.07, 6.45) is 1.98. The molecule has 28 heavy (non-hydrogen) atoms. The van der Waals surface area contributed by atoms with Crippen molar-refractivity contribution in [3.63, 3.8) is 0 Å². The van der Waals surface area contributed by atoms with E-state index in [2.05, 4.69) is 5.32 Å². The van der Waals surface area contributed by atoms with Gasteiger partial charge < -0.3 is 15.1 Å². The third-order valence-electron chi connectivity index (χ3n) is 5.29. The first-order valence-corrected chi connectivity index (χ1v) is 11.0. The Morgan fingerprint density at radius 2 is 1.71 bits per heavy atom. The number of nitrogens with zero attached hydrogens (tertiary/aromatic N) is 3. The van der Waals surface area contributed by atoms with Crippen LogP contribution in [-0.2, 0) is 19.6 Å². The predicted octanol–water partition coefficient (Wildman–Crippen LogP) is 0.738. The van der Waals surface area contributed by atoms with Gasteiger partial charge in [0.25, 0.3) is 0 Å². The maximum Gasteiger partial charge on any atom is 0.242 e. The van der Waals surface area contributed by atoms with E-state index in [9.17, 15) is 18.0 Å². The zero-order chi connectivity index (χ0) is 20.5. The highest BCUT2D eigenvalue weighted by Gasteiger charge is 2.35. The van der Waals surface area contributed by atoms with E-state index in [4.69, 9.17) is 0 Å². The first kappa shape index (κ1) is 20.6. The van der Waals surface area contributed by atoms with E-state index in [1.165, 1.54) is 14.1 Å². The van der Waals surface area contributed by atoms with E-state index >= 15 is 0 Å². The quantitative estimate of drug-likeness (QED) is 0.750. The van der Waals surface area contributed by atoms with Gasteiger partial charge in [-0.1, -0.05) is 6.07 Å². The van der Waals surface area contributed by atoms with Crippen LogP contribution in [0.5, 0.6) is 0 Å². The van der Waals surface area contributed by atoms with Crippen LogP contribution in [0.3, 0.4) is 0 Å². The number of carbonyl (C=O) groups excluding carboxylic acids is 2. The first-order chi connectivity index (χ1) is 13.2. The fourth-order valence-corrected chi connectivity index (χ4v) is 4.14. The minimum atomic E-state index is -3.53. The lowest BCUT2D eigenvalue weighted by Crippen LogP contribution is -2.52. The summed E-state index contributed by atoms with van der Waals surface area (Å²) < 4.78 is 25.8. The highest BCUT2D eigenvalue weighted by Crippen LogP contribution is 2.31. The topological polar surface area (TPSA) is 90.0 Å². The summed E-state index contributed by atoms with van der Waals surface area (Å²) in [6.45, 7) is 4.18. The third-order valence-corrected chi connectivity index (χ3v) is 7.10. The van der Waals surface area contributed by atoms with Gasteiger partial charge in [-0.2, -0.15) is 0 Å². The molecule has 1 aliphatic heterocycles. The van der Waals surface area contributed by atoms with E-state index < -0.39 is 10.0 Å². The number of amides is 2. The van der Waals surface area contributed by atoms with Gasteiger partial charge in [-0.05, 0) is 37.5 Å². The molecule has 154 valence electrons. The minimum Gasteiger partial charge on any atom is -0.376 e. The normalized spacial score (nSPS) is 17.7. The van der Waals surface area contributed by atoms with Crippen LogP contribution in [0.15, 0.2) is 23.1 Å². The Hall–Kier alpha value is -2.13. The second-order valence-electron chi connectivity index (χ2n) is 7.60. The molecule has 0 radical (unpaired) electrons. The molecule has 1 aromatic rings. The number of piperazine rings is 1. The summed E-state index contributed by atoms with van der Waals surface area (Å²) in [5.74, 6) is 0.371. The monoisotopic (exact) mass is 408 g/mol. The average molecular weight is 409 g/mol. The van der Waals surface area contributed by atoms with Crippen LogP contribution in [0.2, 0.25) is 0 Å². The summed E-state index contributed by atoms with van der Waals surface area (Å²) in [5.41, 5.74) is 1.49. The van der Waals surface area contributed by atoms with Crippen LogP contribution < -0.4 is 5.32 Å². The minimum absolute atomic E-state index is 0.0567. The third kappa shape index (κ3) is 4.47. The molecule has 1 aromatic carbocycles. The molecule has 2 amide bonds. The van der Waals surface area contributed by atoms with Crippen molar-refractivity contribution in [1.29, 1.82) is 0 Å². The number of anilines is 1. The van der Waals surface area contributed by atoms with Crippen molar-refractivity contribution in [3.8, 4) is 0 Å². The van der Waals surface area contributed by atoms with Gasteiger partial charge in [-0.3, -0.25) is 9.59 Å². The molecule has 2 fully saturated rings. The lowest BCUT2D eigenvalue weighted by Gasteiger charge is -2.35. The molecule has 0 atom stereocenters. The summed E-state index contributed by atoms with van der Waals surface area (Å²) in [6, 6.07) is 4.85. The number of carbonyl (C=O) groups is 2. The zero-order valence-corrected chi connectivity index (χ0v) is 17.5.